The molecule has 0 radical (unpaired) electrons. The fourth-order valence-corrected chi connectivity index (χ4v) is 7.26. The second-order valence-electron chi connectivity index (χ2n) is 11.7. The number of anilines is 1. The van der Waals surface area contributed by atoms with E-state index in [2.05, 4.69) is 62.2 Å². The molecule has 0 bridgehead atoms. The predicted molar refractivity (Wildman–Crippen MR) is 170 cm³/mol. The topological polar surface area (TPSA) is 88.1 Å². The molecule has 10 heteroatoms. The van der Waals surface area contributed by atoms with Crippen LogP contribution < -0.4 is 5.32 Å². The van der Waals surface area contributed by atoms with Crippen LogP contribution in [0.3, 0.4) is 0 Å². The Balaban J connectivity index is 1.08. The van der Waals surface area contributed by atoms with Crippen LogP contribution in [0.5, 0.6) is 0 Å². The Morgan fingerprint density at radius 3 is 2.60 bits per heavy atom. The number of allylic oxidation sites excluding steroid dienone is 3. The van der Waals surface area contributed by atoms with E-state index in [1.165, 1.54) is 16.0 Å². The van der Waals surface area contributed by atoms with Crippen LogP contribution in [0, 0.1) is 0 Å². The van der Waals surface area contributed by atoms with E-state index in [0.717, 1.165) is 86.8 Å². The molecule has 2 aromatic heterocycles. The second kappa shape index (κ2) is 12.9. The van der Waals surface area contributed by atoms with Crippen LogP contribution >= 0.6 is 11.3 Å². The molecule has 4 heterocycles. The zero-order valence-electron chi connectivity index (χ0n) is 24.6. The number of rotatable bonds is 7. The van der Waals surface area contributed by atoms with Crippen LogP contribution in [-0.2, 0) is 0 Å². The summed E-state index contributed by atoms with van der Waals surface area (Å²) in [7, 11) is 2.12. The molecule has 222 valence electrons. The molecule has 2 atom stereocenters. The monoisotopic (exact) mass is 587 g/mol. The van der Waals surface area contributed by atoms with Crippen molar-refractivity contribution in [2.75, 3.05) is 71.3 Å². The van der Waals surface area contributed by atoms with Gasteiger partial charge in [0.25, 0.3) is 0 Å². The normalized spacial score (nSPS) is 21.3. The van der Waals surface area contributed by atoms with Gasteiger partial charge in [-0.25, -0.2) is 14.8 Å². The number of carbonyl (C=O) groups excluding carboxylic acids is 1. The number of urea groups is 1. The highest BCUT2D eigenvalue weighted by Gasteiger charge is 2.31. The van der Waals surface area contributed by atoms with Crippen molar-refractivity contribution in [2.24, 2.45) is 0 Å². The van der Waals surface area contributed by atoms with Crippen LogP contribution in [0.15, 0.2) is 60.5 Å². The van der Waals surface area contributed by atoms with Gasteiger partial charge in [0.2, 0.25) is 0 Å². The number of hydrogen-bond donors (Lipinski definition) is 2. The number of benzene rings is 1. The molecule has 6 rings (SSSR count). The molecule has 42 heavy (non-hydrogen) atoms. The Bertz CT molecular complexity index is 1450. The largest absolute Gasteiger partial charge is 0.394 e. The van der Waals surface area contributed by atoms with Crippen molar-refractivity contribution in [1.82, 2.24) is 29.6 Å². The minimum absolute atomic E-state index is 0.0210. The summed E-state index contributed by atoms with van der Waals surface area (Å²) in [6.45, 7) is 9.30. The highest BCUT2D eigenvalue weighted by atomic mass is 32.1. The van der Waals surface area contributed by atoms with Gasteiger partial charge < -0.3 is 25.1 Å². The minimum Gasteiger partial charge on any atom is -0.394 e. The van der Waals surface area contributed by atoms with Gasteiger partial charge in [-0.2, -0.15) is 0 Å². The van der Waals surface area contributed by atoms with E-state index in [1.54, 1.807) is 17.7 Å². The molecule has 2 N–H and O–H groups in total. The average molecular weight is 588 g/mol. The van der Waals surface area contributed by atoms with Crippen molar-refractivity contribution in [2.45, 2.75) is 31.8 Å². The van der Waals surface area contributed by atoms with Gasteiger partial charge in [-0.05, 0) is 44.0 Å². The maximum absolute atomic E-state index is 13.1. The van der Waals surface area contributed by atoms with E-state index in [4.69, 9.17) is 0 Å². The van der Waals surface area contributed by atoms with Gasteiger partial charge in [-0.3, -0.25) is 4.90 Å². The van der Waals surface area contributed by atoms with Gasteiger partial charge in [-0.1, -0.05) is 48.1 Å². The third-order valence-corrected chi connectivity index (χ3v) is 9.92. The van der Waals surface area contributed by atoms with Crippen LogP contribution in [0.1, 0.15) is 36.2 Å². The Hall–Kier alpha value is -3.31. The lowest BCUT2D eigenvalue weighted by Crippen LogP contribution is -2.59. The van der Waals surface area contributed by atoms with Gasteiger partial charge in [0, 0.05) is 63.3 Å². The number of aliphatic hydroxyl groups is 1. The van der Waals surface area contributed by atoms with Crippen LogP contribution in [0.4, 0.5) is 10.6 Å². The molecule has 1 aliphatic carbocycles. The van der Waals surface area contributed by atoms with Crippen LogP contribution in [-0.4, -0.2) is 113 Å². The number of aromatic nitrogens is 2. The first-order valence-corrected chi connectivity index (χ1v) is 15.8. The number of piperazine rings is 2. The maximum Gasteiger partial charge on any atom is 0.320 e. The summed E-state index contributed by atoms with van der Waals surface area (Å²) in [6, 6.07) is 12.3. The fraction of sp³-hybridized carbons (Fsp3) is 0.469. The molecule has 3 aromatic rings. The van der Waals surface area contributed by atoms with Gasteiger partial charge in [0.15, 0.2) is 0 Å². The maximum atomic E-state index is 13.1. The molecule has 0 saturated carbocycles. The van der Waals surface area contributed by atoms with Crippen molar-refractivity contribution in [1.29, 1.82) is 0 Å². The Morgan fingerprint density at radius 1 is 1.07 bits per heavy atom. The van der Waals surface area contributed by atoms with Gasteiger partial charge in [0.1, 0.15) is 12.1 Å². The number of nitrogens with zero attached hydrogens (tertiary/aromatic N) is 6. The summed E-state index contributed by atoms with van der Waals surface area (Å²) < 4.78 is 1.01. The number of thiophene rings is 1. The van der Waals surface area contributed by atoms with E-state index in [-0.39, 0.29) is 24.7 Å². The van der Waals surface area contributed by atoms with Gasteiger partial charge >= 0.3 is 6.03 Å². The molecule has 0 spiro atoms. The van der Waals surface area contributed by atoms with Gasteiger partial charge in [-0.15, -0.1) is 11.3 Å². The SMILES string of the molecule is CC1CN(CC2=CC=C(c3cc4ncnc(NC(CO)c5ccccc5)c4s3)CC2)CCN1C(=O)N1CCN(C)CC1. The van der Waals surface area contributed by atoms with Crippen molar-refractivity contribution in [3.05, 3.63) is 70.9 Å². The Labute approximate surface area is 252 Å². The lowest BCUT2D eigenvalue weighted by Gasteiger charge is -2.43. The summed E-state index contributed by atoms with van der Waals surface area (Å²) in [5.41, 5.74) is 4.71. The van der Waals surface area contributed by atoms with E-state index in [0.29, 0.717) is 0 Å². The van der Waals surface area contributed by atoms with Gasteiger partial charge in [0.05, 0.1) is 22.9 Å². The average Bonchev–Trinajstić information content (AvgIpc) is 3.46. The Kier molecular flexibility index (Phi) is 8.85. The Morgan fingerprint density at radius 2 is 1.88 bits per heavy atom. The first-order chi connectivity index (χ1) is 20.5. The van der Waals surface area contributed by atoms with E-state index in [9.17, 15) is 9.90 Å². The number of nitrogens with one attached hydrogen (secondary N) is 1. The first-order valence-electron chi connectivity index (χ1n) is 15.0. The first kappa shape index (κ1) is 28.8. The minimum atomic E-state index is -0.233. The van der Waals surface area contributed by atoms with Crippen molar-refractivity contribution in [3.8, 4) is 0 Å². The van der Waals surface area contributed by atoms with Crippen LogP contribution in [0.2, 0.25) is 0 Å². The molecule has 2 amide bonds. The molecule has 3 aliphatic rings. The van der Waals surface area contributed by atoms with E-state index >= 15 is 0 Å². The summed E-state index contributed by atoms with van der Waals surface area (Å²) in [5, 5.41) is 13.5. The molecule has 2 fully saturated rings. The summed E-state index contributed by atoms with van der Waals surface area (Å²) in [5.74, 6) is 0.756. The molecule has 9 nitrogen and oxygen atoms in total. The molecule has 2 aliphatic heterocycles. The third kappa shape index (κ3) is 6.36. The van der Waals surface area contributed by atoms with Crippen molar-refractivity contribution < 1.29 is 9.90 Å². The number of carbonyl (C=O) groups is 1. The zero-order chi connectivity index (χ0) is 29.1. The fourth-order valence-electron chi connectivity index (χ4n) is 6.15. The molecule has 1 aromatic carbocycles. The summed E-state index contributed by atoms with van der Waals surface area (Å²) in [4.78, 5) is 32.3. The summed E-state index contributed by atoms with van der Waals surface area (Å²) in [6.07, 6.45) is 8.17. The quantitative estimate of drug-likeness (QED) is 0.426. The highest BCUT2D eigenvalue weighted by Crippen LogP contribution is 2.37. The number of likely N-dealkylation sites (N-methyl/N-ethyl adjacent to an activating group) is 1. The third-order valence-electron chi connectivity index (χ3n) is 8.72. The van der Waals surface area contributed by atoms with Crippen molar-refractivity contribution >= 4 is 39.0 Å². The lowest BCUT2D eigenvalue weighted by atomic mass is 9.96. The lowest BCUT2D eigenvalue weighted by molar-refractivity contribution is 0.0730. The molecule has 2 saturated heterocycles. The molecule has 2 unspecified atom stereocenters. The number of amides is 2. The van der Waals surface area contributed by atoms with Crippen LogP contribution in [0.25, 0.3) is 15.8 Å². The molecular weight excluding hydrogens is 546 g/mol. The second-order valence-corrected chi connectivity index (χ2v) is 12.8. The standard InChI is InChI=1S/C32H41N7O2S/c1-23-19-37(14-17-39(23)32(41)38-15-12-36(2)13-16-38)20-24-8-10-26(11-9-24)29-18-27-30(42-29)31(34-22-33-27)35-28(21-40)25-6-4-3-5-7-25/h3-8,10,18,22-23,28,40H,9,11-17,19-21H2,1-2H3,(H,33,34,35). The number of aliphatic hydroxyl groups excluding tert-OH is 1. The smallest absolute Gasteiger partial charge is 0.320 e. The number of fused-ring (bicyclic) bond motifs is 1. The zero-order valence-corrected chi connectivity index (χ0v) is 25.4. The van der Waals surface area contributed by atoms with Crippen molar-refractivity contribution in [3.63, 3.8) is 0 Å². The van der Waals surface area contributed by atoms with E-state index < -0.39 is 0 Å². The molecular formula is C32H41N7O2S. The number of hydrogen-bond acceptors (Lipinski definition) is 8. The summed E-state index contributed by atoms with van der Waals surface area (Å²) >= 11 is 1.71. The predicted octanol–water partition coefficient (Wildman–Crippen LogP) is 4.31. The van der Waals surface area contributed by atoms with E-state index in [1.807, 2.05) is 35.2 Å². The highest BCUT2D eigenvalue weighted by molar-refractivity contribution is 7.20.